The first-order chi connectivity index (χ1) is 7.50. The number of hydrogen-bond acceptors (Lipinski definition) is 0. The van der Waals surface area contributed by atoms with E-state index in [1.54, 1.807) is 0 Å². The summed E-state index contributed by atoms with van der Waals surface area (Å²) < 4.78 is 0. The topological polar surface area (TPSA) is 0 Å². The maximum Gasteiger partial charge on any atom is -0.0348 e. The van der Waals surface area contributed by atoms with Gasteiger partial charge in [-0.25, -0.2) is 0 Å². The molecule has 0 saturated heterocycles. The van der Waals surface area contributed by atoms with Crippen molar-refractivity contribution < 1.29 is 0 Å². The summed E-state index contributed by atoms with van der Waals surface area (Å²) >= 11 is 0. The highest BCUT2D eigenvalue weighted by Gasteiger charge is 1.85. The molecular weight excluding hydrogens is 180 g/mol. The molecule has 1 aliphatic carbocycles. The minimum atomic E-state index is 1.25. The van der Waals surface area contributed by atoms with Crippen LogP contribution in [0.15, 0.2) is 36.5 Å². The van der Waals surface area contributed by atoms with E-state index in [0.29, 0.717) is 0 Å². The van der Waals surface area contributed by atoms with Gasteiger partial charge in [0.05, 0.1) is 0 Å². The molecule has 0 aliphatic heterocycles. The zero-order valence-corrected chi connectivity index (χ0v) is 9.83. The van der Waals surface area contributed by atoms with Gasteiger partial charge in [0.15, 0.2) is 0 Å². The fourth-order valence-corrected chi connectivity index (χ4v) is 1.77. The summed E-state index contributed by atoms with van der Waals surface area (Å²) in [6.45, 7) is 0. The maximum atomic E-state index is 2.34. The van der Waals surface area contributed by atoms with Crippen molar-refractivity contribution in [2.75, 3.05) is 0 Å². The summed E-state index contributed by atoms with van der Waals surface area (Å²) in [5.74, 6) is 0. The molecule has 0 bridgehead atoms. The van der Waals surface area contributed by atoms with Gasteiger partial charge >= 0.3 is 0 Å². The standard InChI is InChI=1S/C15H24/c1-2-4-6-8-10-12-14-15-13-11-9-7-5-3-1/h1-2,9-12H,3-8,13-15H2. The summed E-state index contributed by atoms with van der Waals surface area (Å²) in [5, 5.41) is 0. The first-order valence-corrected chi connectivity index (χ1v) is 6.45. The minimum Gasteiger partial charge on any atom is -0.0885 e. The zero-order chi connectivity index (χ0) is 10.6. The lowest BCUT2D eigenvalue weighted by Crippen LogP contribution is -1.71. The first kappa shape index (κ1) is 12.3. The van der Waals surface area contributed by atoms with Crippen molar-refractivity contribution >= 4 is 0 Å². The molecule has 0 heterocycles. The highest BCUT2D eigenvalue weighted by molar-refractivity contribution is 4.89. The second-order valence-electron chi connectivity index (χ2n) is 4.21. The molecule has 0 amide bonds. The lowest BCUT2D eigenvalue weighted by molar-refractivity contribution is 0.840. The Kier molecular flexibility index (Phi) is 8.00. The summed E-state index contributed by atoms with van der Waals surface area (Å²) in [4.78, 5) is 0. The van der Waals surface area contributed by atoms with Crippen LogP contribution in [0.2, 0.25) is 0 Å². The van der Waals surface area contributed by atoms with Crippen molar-refractivity contribution in [3.05, 3.63) is 36.5 Å². The summed E-state index contributed by atoms with van der Waals surface area (Å²) in [7, 11) is 0. The molecule has 0 atom stereocenters. The van der Waals surface area contributed by atoms with Crippen molar-refractivity contribution in [3.8, 4) is 0 Å². The van der Waals surface area contributed by atoms with Gasteiger partial charge in [-0.15, -0.1) is 0 Å². The van der Waals surface area contributed by atoms with Crippen LogP contribution in [0.3, 0.4) is 0 Å². The average Bonchev–Trinajstić information content (AvgIpc) is 2.27. The Labute approximate surface area is 94.8 Å². The Balaban J connectivity index is 2.23. The lowest BCUT2D eigenvalue weighted by atomic mass is 10.2. The van der Waals surface area contributed by atoms with Gasteiger partial charge in [0, 0.05) is 0 Å². The largest absolute Gasteiger partial charge is 0.0885 e. The molecule has 0 radical (unpaired) electrons. The van der Waals surface area contributed by atoms with E-state index < -0.39 is 0 Å². The van der Waals surface area contributed by atoms with E-state index in [0.717, 1.165) is 0 Å². The first-order valence-electron chi connectivity index (χ1n) is 6.45. The van der Waals surface area contributed by atoms with Crippen LogP contribution in [0.25, 0.3) is 0 Å². The van der Waals surface area contributed by atoms with Crippen molar-refractivity contribution in [1.29, 1.82) is 0 Å². The van der Waals surface area contributed by atoms with Crippen molar-refractivity contribution in [2.45, 2.75) is 57.8 Å². The molecule has 0 spiro atoms. The smallest absolute Gasteiger partial charge is 0.0348 e. The summed E-state index contributed by atoms with van der Waals surface area (Å²) in [6.07, 6.45) is 25.5. The van der Waals surface area contributed by atoms with E-state index in [2.05, 4.69) is 36.5 Å². The predicted molar refractivity (Wildman–Crippen MR) is 69.0 cm³/mol. The van der Waals surface area contributed by atoms with Gasteiger partial charge in [0.2, 0.25) is 0 Å². The number of allylic oxidation sites excluding steroid dienone is 6. The lowest BCUT2D eigenvalue weighted by Gasteiger charge is -1.91. The molecule has 1 aliphatic rings. The molecule has 0 fully saturated rings. The second-order valence-corrected chi connectivity index (χ2v) is 4.21. The van der Waals surface area contributed by atoms with Crippen LogP contribution >= 0.6 is 0 Å². The summed E-state index contributed by atoms with van der Waals surface area (Å²) in [5.41, 5.74) is 0. The Morgan fingerprint density at radius 3 is 0.733 bits per heavy atom. The van der Waals surface area contributed by atoms with Crippen LogP contribution < -0.4 is 0 Å². The molecular formula is C15H24. The molecule has 0 saturated carbocycles. The summed E-state index contributed by atoms with van der Waals surface area (Å²) in [6, 6.07) is 0. The van der Waals surface area contributed by atoms with E-state index in [9.17, 15) is 0 Å². The van der Waals surface area contributed by atoms with Gasteiger partial charge in [-0.2, -0.15) is 0 Å². The molecule has 0 aromatic heterocycles. The molecule has 15 heavy (non-hydrogen) atoms. The third-order valence-electron chi connectivity index (χ3n) is 2.72. The van der Waals surface area contributed by atoms with E-state index in [4.69, 9.17) is 0 Å². The van der Waals surface area contributed by atoms with Crippen LogP contribution in [-0.4, -0.2) is 0 Å². The van der Waals surface area contributed by atoms with Crippen molar-refractivity contribution in [2.24, 2.45) is 0 Å². The Bertz CT molecular complexity index is 152. The normalized spacial score (nSPS) is 20.8. The van der Waals surface area contributed by atoms with E-state index in [-0.39, 0.29) is 0 Å². The van der Waals surface area contributed by atoms with Crippen LogP contribution in [0.4, 0.5) is 0 Å². The predicted octanol–water partition coefficient (Wildman–Crippen LogP) is 5.18. The molecule has 0 aromatic carbocycles. The average molecular weight is 204 g/mol. The van der Waals surface area contributed by atoms with E-state index in [1.165, 1.54) is 57.8 Å². The monoisotopic (exact) mass is 204 g/mol. The zero-order valence-electron chi connectivity index (χ0n) is 9.83. The SMILES string of the molecule is C1=CCCCC=CCCCC=CCCC1. The maximum absolute atomic E-state index is 2.34. The van der Waals surface area contributed by atoms with Gasteiger partial charge < -0.3 is 0 Å². The Hall–Kier alpha value is -0.780. The van der Waals surface area contributed by atoms with Gasteiger partial charge in [0.25, 0.3) is 0 Å². The van der Waals surface area contributed by atoms with Gasteiger partial charge in [-0.05, 0) is 57.8 Å². The molecule has 0 aromatic rings. The minimum absolute atomic E-state index is 1.25. The molecule has 0 nitrogen and oxygen atoms in total. The fraction of sp³-hybridized carbons (Fsp3) is 0.600. The van der Waals surface area contributed by atoms with Gasteiger partial charge in [-0.1, -0.05) is 36.5 Å². The van der Waals surface area contributed by atoms with Crippen LogP contribution in [-0.2, 0) is 0 Å². The van der Waals surface area contributed by atoms with Crippen LogP contribution in [0.1, 0.15) is 57.8 Å². The second kappa shape index (κ2) is 9.76. The molecule has 84 valence electrons. The Morgan fingerprint density at radius 1 is 0.333 bits per heavy atom. The molecule has 1 rings (SSSR count). The quantitative estimate of drug-likeness (QED) is 0.477. The third kappa shape index (κ3) is 8.23. The van der Waals surface area contributed by atoms with Crippen LogP contribution in [0, 0.1) is 0 Å². The fourth-order valence-electron chi connectivity index (χ4n) is 1.77. The van der Waals surface area contributed by atoms with Gasteiger partial charge in [0.1, 0.15) is 0 Å². The van der Waals surface area contributed by atoms with Crippen LogP contribution in [0.5, 0.6) is 0 Å². The highest BCUT2D eigenvalue weighted by Crippen LogP contribution is 2.06. The van der Waals surface area contributed by atoms with E-state index >= 15 is 0 Å². The van der Waals surface area contributed by atoms with E-state index in [1.807, 2.05) is 0 Å². The third-order valence-corrected chi connectivity index (χ3v) is 2.72. The highest BCUT2D eigenvalue weighted by atomic mass is 13.9. The molecule has 0 unspecified atom stereocenters. The van der Waals surface area contributed by atoms with Crippen molar-refractivity contribution in [3.63, 3.8) is 0 Å². The number of hydrogen-bond donors (Lipinski definition) is 0. The van der Waals surface area contributed by atoms with Gasteiger partial charge in [-0.3, -0.25) is 0 Å². The molecule has 0 N–H and O–H groups in total. The number of rotatable bonds is 0. The van der Waals surface area contributed by atoms with Crippen molar-refractivity contribution in [1.82, 2.24) is 0 Å². The molecule has 0 heteroatoms. The Morgan fingerprint density at radius 2 is 0.533 bits per heavy atom.